The van der Waals surface area contributed by atoms with Crippen molar-refractivity contribution in [3.8, 4) is 22.5 Å². The Morgan fingerprint density at radius 3 is 2.45 bits per heavy atom. The minimum absolute atomic E-state index is 0.0482. The molecule has 0 bridgehead atoms. The number of nitrogens with zero attached hydrogens (tertiary/aromatic N) is 5. The zero-order chi connectivity index (χ0) is 21.4. The van der Waals surface area contributed by atoms with Gasteiger partial charge in [-0.1, -0.05) is 36.4 Å². The third kappa shape index (κ3) is 3.68. The molecule has 31 heavy (non-hydrogen) atoms. The van der Waals surface area contributed by atoms with Gasteiger partial charge in [-0.15, -0.1) is 0 Å². The number of fused-ring (bicyclic) bond motifs is 1. The Bertz CT molecular complexity index is 1250. The minimum atomic E-state index is -0.0482. The third-order valence-electron chi connectivity index (χ3n) is 6.50. The number of piperidine rings is 1. The van der Waals surface area contributed by atoms with Crippen molar-refractivity contribution in [2.75, 3.05) is 20.1 Å². The molecule has 1 atom stereocenters. The largest absolute Gasteiger partial charge is 0.306 e. The molecule has 4 aromatic rings. The monoisotopic (exact) mass is 413 g/mol. The van der Waals surface area contributed by atoms with Crippen LogP contribution in [0.15, 0.2) is 71.7 Å². The van der Waals surface area contributed by atoms with Gasteiger partial charge in [0.1, 0.15) is 5.69 Å². The standard InChI is InChI=1S/C25H27N5O/c1-18(19-13-16-28(2)17-14-19)30-23(31)12-11-21(26-30)24-22-10-6-7-15-29(22)27-25(24)20-8-4-3-5-9-20/h3-12,15,18-19H,13-14,16-17H2,1-2H3. The topological polar surface area (TPSA) is 55.4 Å². The van der Waals surface area contributed by atoms with Gasteiger partial charge >= 0.3 is 0 Å². The van der Waals surface area contributed by atoms with Crippen LogP contribution < -0.4 is 5.56 Å². The molecule has 1 fully saturated rings. The molecule has 0 amide bonds. The number of aromatic nitrogens is 4. The van der Waals surface area contributed by atoms with Gasteiger partial charge in [0.25, 0.3) is 5.56 Å². The molecule has 1 unspecified atom stereocenters. The van der Waals surface area contributed by atoms with Gasteiger partial charge in [0.15, 0.2) is 0 Å². The zero-order valence-electron chi connectivity index (χ0n) is 18.0. The Balaban J connectivity index is 1.63. The molecule has 6 nitrogen and oxygen atoms in total. The lowest BCUT2D eigenvalue weighted by Crippen LogP contribution is -2.37. The molecule has 0 N–H and O–H groups in total. The van der Waals surface area contributed by atoms with Crippen molar-refractivity contribution in [1.82, 2.24) is 24.3 Å². The Morgan fingerprint density at radius 2 is 1.68 bits per heavy atom. The van der Waals surface area contributed by atoms with E-state index in [1.807, 2.05) is 53.2 Å². The maximum absolute atomic E-state index is 12.8. The van der Waals surface area contributed by atoms with Crippen molar-refractivity contribution in [1.29, 1.82) is 0 Å². The van der Waals surface area contributed by atoms with Gasteiger partial charge < -0.3 is 4.90 Å². The fourth-order valence-electron chi connectivity index (χ4n) is 4.61. The van der Waals surface area contributed by atoms with E-state index in [0.29, 0.717) is 5.92 Å². The second-order valence-corrected chi connectivity index (χ2v) is 8.50. The fraction of sp³-hybridized carbons (Fsp3) is 0.320. The van der Waals surface area contributed by atoms with E-state index in [0.717, 1.165) is 54.0 Å². The SMILES string of the molecule is CC(C1CCN(C)CC1)n1nc(-c2c(-c3ccccc3)nn3ccccc23)ccc1=O. The lowest BCUT2D eigenvalue weighted by molar-refractivity contribution is 0.171. The Morgan fingerprint density at radius 1 is 0.935 bits per heavy atom. The van der Waals surface area contributed by atoms with E-state index in [1.54, 1.807) is 10.7 Å². The second-order valence-electron chi connectivity index (χ2n) is 8.50. The quantitative estimate of drug-likeness (QED) is 0.505. The Hall–Kier alpha value is -3.25. The minimum Gasteiger partial charge on any atom is -0.306 e. The molecule has 1 aromatic carbocycles. The van der Waals surface area contributed by atoms with Crippen LogP contribution in [0, 0.1) is 5.92 Å². The molecule has 1 aliphatic heterocycles. The van der Waals surface area contributed by atoms with Crippen LogP contribution in [0.25, 0.3) is 28.0 Å². The van der Waals surface area contributed by atoms with E-state index >= 15 is 0 Å². The molecule has 0 saturated carbocycles. The number of benzene rings is 1. The molecule has 6 heteroatoms. The number of likely N-dealkylation sites (tertiary alicyclic amines) is 1. The molecule has 1 saturated heterocycles. The van der Waals surface area contributed by atoms with Crippen molar-refractivity contribution >= 4 is 5.52 Å². The highest BCUT2D eigenvalue weighted by molar-refractivity contribution is 5.90. The first-order chi connectivity index (χ1) is 15.1. The predicted molar refractivity (Wildman–Crippen MR) is 123 cm³/mol. The van der Waals surface area contributed by atoms with Crippen LogP contribution in [0.5, 0.6) is 0 Å². The van der Waals surface area contributed by atoms with Gasteiger partial charge in [0.2, 0.25) is 0 Å². The molecule has 158 valence electrons. The first kappa shape index (κ1) is 19.7. The smallest absolute Gasteiger partial charge is 0.267 e. The van der Waals surface area contributed by atoms with Crippen molar-refractivity contribution in [2.45, 2.75) is 25.8 Å². The van der Waals surface area contributed by atoms with E-state index in [2.05, 4.69) is 31.0 Å². The summed E-state index contributed by atoms with van der Waals surface area (Å²) in [5.41, 5.74) is 4.56. The molecule has 1 aliphatic rings. The van der Waals surface area contributed by atoms with Crippen LogP contribution in [0.1, 0.15) is 25.8 Å². The predicted octanol–water partition coefficient (Wildman–Crippen LogP) is 4.13. The normalized spacial score (nSPS) is 16.6. The second kappa shape index (κ2) is 8.12. The maximum atomic E-state index is 12.8. The summed E-state index contributed by atoms with van der Waals surface area (Å²) in [6, 6.07) is 19.7. The molecule has 5 rings (SSSR count). The van der Waals surface area contributed by atoms with Gasteiger partial charge in [-0.05, 0) is 64.0 Å². The average Bonchev–Trinajstić information content (AvgIpc) is 3.20. The van der Waals surface area contributed by atoms with Crippen molar-refractivity contribution in [3.63, 3.8) is 0 Å². The number of hydrogen-bond donors (Lipinski definition) is 0. The van der Waals surface area contributed by atoms with E-state index in [-0.39, 0.29) is 11.6 Å². The van der Waals surface area contributed by atoms with E-state index in [9.17, 15) is 4.79 Å². The van der Waals surface area contributed by atoms with Crippen LogP contribution in [0.3, 0.4) is 0 Å². The van der Waals surface area contributed by atoms with Crippen molar-refractivity contribution in [3.05, 3.63) is 77.2 Å². The zero-order valence-corrected chi connectivity index (χ0v) is 18.0. The highest BCUT2D eigenvalue weighted by Gasteiger charge is 2.26. The van der Waals surface area contributed by atoms with Crippen LogP contribution in [0.4, 0.5) is 0 Å². The third-order valence-corrected chi connectivity index (χ3v) is 6.50. The Labute approximate surface area is 181 Å². The lowest BCUT2D eigenvalue weighted by atomic mass is 9.90. The van der Waals surface area contributed by atoms with Gasteiger partial charge in [0, 0.05) is 17.8 Å². The summed E-state index contributed by atoms with van der Waals surface area (Å²) >= 11 is 0. The van der Waals surface area contributed by atoms with Crippen LogP contribution >= 0.6 is 0 Å². The van der Waals surface area contributed by atoms with E-state index in [1.165, 1.54) is 0 Å². The van der Waals surface area contributed by atoms with Gasteiger partial charge in [-0.25, -0.2) is 9.20 Å². The summed E-state index contributed by atoms with van der Waals surface area (Å²) in [5.74, 6) is 0.453. The molecular weight excluding hydrogens is 386 g/mol. The van der Waals surface area contributed by atoms with E-state index < -0.39 is 0 Å². The summed E-state index contributed by atoms with van der Waals surface area (Å²) < 4.78 is 3.57. The van der Waals surface area contributed by atoms with Crippen LogP contribution in [0.2, 0.25) is 0 Å². The first-order valence-corrected chi connectivity index (χ1v) is 10.9. The molecule has 4 heterocycles. The summed E-state index contributed by atoms with van der Waals surface area (Å²) in [7, 11) is 2.15. The molecular formula is C25H27N5O. The average molecular weight is 414 g/mol. The highest BCUT2D eigenvalue weighted by atomic mass is 16.1. The first-order valence-electron chi connectivity index (χ1n) is 10.9. The summed E-state index contributed by atoms with van der Waals surface area (Å²) in [6.07, 6.45) is 4.12. The number of hydrogen-bond acceptors (Lipinski definition) is 4. The lowest BCUT2D eigenvalue weighted by Gasteiger charge is -2.33. The van der Waals surface area contributed by atoms with Crippen molar-refractivity contribution in [2.24, 2.45) is 5.92 Å². The summed E-state index contributed by atoms with van der Waals surface area (Å²) in [5, 5.41) is 9.72. The van der Waals surface area contributed by atoms with Gasteiger partial charge in [-0.3, -0.25) is 4.79 Å². The summed E-state index contributed by atoms with van der Waals surface area (Å²) in [4.78, 5) is 15.1. The number of rotatable bonds is 4. The highest BCUT2D eigenvalue weighted by Crippen LogP contribution is 2.34. The van der Waals surface area contributed by atoms with Crippen LogP contribution in [-0.4, -0.2) is 44.4 Å². The Kier molecular flexibility index (Phi) is 5.16. The number of pyridine rings is 1. The molecule has 0 spiro atoms. The fourth-order valence-corrected chi connectivity index (χ4v) is 4.61. The van der Waals surface area contributed by atoms with Gasteiger partial charge in [0.05, 0.1) is 22.8 Å². The molecule has 3 aromatic heterocycles. The maximum Gasteiger partial charge on any atom is 0.267 e. The summed E-state index contributed by atoms with van der Waals surface area (Å²) in [6.45, 7) is 4.26. The molecule has 0 radical (unpaired) electrons. The van der Waals surface area contributed by atoms with E-state index in [4.69, 9.17) is 10.2 Å². The van der Waals surface area contributed by atoms with Crippen LogP contribution in [-0.2, 0) is 0 Å². The molecule has 0 aliphatic carbocycles. The van der Waals surface area contributed by atoms with Crippen molar-refractivity contribution < 1.29 is 0 Å². The van der Waals surface area contributed by atoms with Gasteiger partial charge in [-0.2, -0.15) is 10.2 Å².